The van der Waals surface area contributed by atoms with Crippen LogP contribution in [-0.2, 0) is 11.2 Å². The molecule has 0 radical (unpaired) electrons. The molecule has 2 heterocycles. The number of H-pyrrole nitrogens is 1. The van der Waals surface area contributed by atoms with Crippen LogP contribution in [0.25, 0.3) is 5.69 Å². The number of aryl methyl sites for hydroxylation is 2. The number of aromatic nitrogens is 4. The highest BCUT2D eigenvalue weighted by Crippen LogP contribution is 2.16. The molecule has 23 heavy (non-hydrogen) atoms. The van der Waals surface area contributed by atoms with Crippen LogP contribution in [0, 0.1) is 13.8 Å². The Morgan fingerprint density at radius 3 is 2.87 bits per heavy atom. The Kier molecular flexibility index (Phi) is 3.80. The van der Waals surface area contributed by atoms with Crippen LogP contribution in [0.15, 0.2) is 39.9 Å². The number of carbonyl (C=O) groups is 1. The topological polar surface area (TPSA) is 106 Å². The molecule has 8 nitrogen and oxygen atoms in total. The Morgan fingerprint density at radius 2 is 2.22 bits per heavy atom. The molecule has 2 aromatic heterocycles. The summed E-state index contributed by atoms with van der Waals surface area (Å²) < 4.78 is 6.40. The van der Waals surface area contributed by atoms with Gasteiger partial charge in [0.05, 0.1) is 17.8 Å². The first-order valence-corrected chi connectivity index (χ1v) is 6.98. The first kappa shape index (κ1) is 14.8. The molecule has 118 valence electrons. The molecule has 0 spiro atoms. The summed E-state index contributed by atoms with van der Waals surface area (Å²) in [5.74, 6) is 0.451. The monoisotopic (exact) mass is 313 g/mol. The van der Waals surface area contributed by atoms with Crippen LogP contribution < -0.4 is 11.0 Å². The van der Waals surface area contributed by atoms with E-state index in [9.17, 15) is 9.59 Å². The lowest BCUT2D eigenvalue weighted by Crippen LogP contribution is -2.17. The summed E-state index contributed by atoms with van der Waals surface area (Å²) in [7, 11) is 0. The second-order valence-electron chi connectivity index (χ2n) is 5.11. The molecule has 0 bridgehead atoms. The van der Waals surface area contributed by atoms with Crippen LogP contribution in [-0.4, -0.2) is 25.8 Å². The number of nitrogens with zero attached hydrogens (tertiary/aromatic N) is 3. The lowest BCUT2D eigenvalue weighted by molar-refractivity contribution is -0.115. The zero-order valence-corrected chi connectivity index (χ0v) is 12.7. The van der Waals surface area contributed by atoms with Crippen molar-refractivity contribution < 1.29 is 9.32 Å². The van der Waals surface area contributed by atoms with Crippen molar-refractivity contribution in [3.05, 3.63) is 58.1 Å². The van der Waals surface area contributed by atoms with Gasteiger partial charge in [-0.2, -0.15) is 5.10 Å². The number of amides is 1. The lowest BCUT2D eigenvalue weighted by Gasteiger charge is -2.07. The molecule has 0 unspecified atom stereocenters. The van der Waals surface area contributed by atoms with Crippen molar-refractivity contribution >= 4 is 11.6 Å². The molecule has 1 amide bonds. The van der Waals surface area contributed by atoms with Crippen molar-refractivity contribution in [2.24, 2.45) is 0 Å². The molecule has 0 aliphatic heterocycles. The largest absolute Gasteiger partial charge is 0.361 e. The molecular weight excluding hydrogens is 298 g/mol. The Bertz CT molecular complexity index is 886. The Labute approximate surface area is 131 Å². The van der Waals surface area contributed by atoms with Gasteiger partial charge < -0.3 is 9.84 Å². The summed E-state index contributed by atoms with van der Waals surface area (Å²) in [6.07, 6.45) is 1.56. The third kappa shape index (κ3) is 3.05. The van der Waals surface area contributed by atoms with E-state index in [2.05, 4.69) is 20.7 Å². The van der Waals surface area contributed by atoms with E-state index in [1.54, 1.807) is 38.1 Å². The average Bonchev–Trinajstić information content (AvgIpc) is 3.08. The number of anilines is 1. The van der Waals surface area contributed by atoms with E-state index >= 15 is 0 Å². The fourth-order valence-corrected chi connectivity index (χ4v) is 2.29. The smallest absolute Gasteiger partial charge is 0.347 e. The number of nitrogens with one attached hydrogen (secondary N) is 2. The number of benzene rings is 1. The van der Waals surface area contributed by atoms with Gasteiger partial charge in [0.15, 0.2) is 0 Å². The molecule has 2 N–H and O–H groups in total. The highest BCUT2D eigenvalue weighted by Gasteiger charge is 2.13. The van der Waals surface area contributed by atoms with Crippen LogP contribution in [0.1, 0.15) is 17.0 Å². The summed E-state index contributed by atoms with van der Waals surface area (Å²) in [5, 5.41) is 12.6. The van der Waals surface area contributed by atoms with Gasteiger partial charge in [-0.05, 0) is 32.0 Å². The number of hydrogen-bond donors (Lipinski definition) is 2. The second-order valence-corrected chi connectivity index (χ2v) is 5.11. The standard InChI is InChI=1S/C15H15N5O3/c1-9-13(10(2)23-19-9)7-14(21)17-11-4-3-5-12(6-11)20-8-16-18-15(20)22/h3-6,8H,7H2,1-2H3,(H,17,21)(H,18,22). The van der Waals surface area contributed by atoms with Gasteiger partial charge in [0.2, 0.25) is 5.91 Å². The van der Waals surface area contributed by atoms with Crippen molar-refractivity contribution in [2.45, 2.75) is 20.3 Å². The minimum absolute atomic E-state index is 0.178. The maximum absolute atomic E-state index is 12.2. The van der Waals surface area contributed by atoms with Gasteiger partial charge in [0, 0.05) is 11.3 Å². The highest BCUT2D eigenvalue weighted by atomic mass is 16.5. The predicted octanol–water partition coefficient (Wildman–Crippen LogP) is 1.35. The van der Waals surface area contributed by atoms with E-state index in [-0.39, 0.29) is 18.0 Å². The van der Waals surface area contributed by atoms with E-state index in [1.165, 1.54) is 10.9 Å². The third-order valence-electron chi connectivity index (χ3n) is 3.48. The fraction of sp³-hybridized carbons (Fsp3) is 0.200. The number of hydrogen-bond acceptors (Lipinski definition) is 5. The Balaban J connectivity index is 1.77. The molecule has 0 saturated heterocycles. The molecular formula is C15H15N5O3. The zero-order valence-electron chi connectivity index (χ0n) is 12.7. The van der Waals surface area contributed by atoms with Crippen molar-refractivity contribution in [3.63, 3.8) is 0 Å². The van der Waals surface area contributed by atoms with Crippen molar-refractivity contribution in [1.29, 1.82) is 0 Å². The van der Waals surface area contributed by atoms with Crippen LogP contribution in [0.5, 0.6) is 0 Å². The van der Waals surface area contributed by atoms with Gasteiger partial charge in [-0.25, -0.2) is 14.5 Å². The normalized spacial score (nSPS) is 10.7. The Hall–Kier alpha value is -3.16. The van der Waals surface area contributed by atoms with E-state index in [1.807, 2.05) is 0 Å². The number of aromatic amines is 1. The summed E-state index contributed by atoms with van der Waals surface area (Å²) in [4.78, 5) is 23.8. The molecule has 3 aromatic rings. The molecule has 0 aliphatic carbocycles. The Morgan fingerprint density at radius 1 is 1.39 bits per heavy atom. The maximum Gasteiger partial charge on any atom is 0.347 e. The summed E-state index contributed by atoms with van der Waals surface area (Å²) >= 11 is 0. The summed E-state index contributed by atoms with van der Waals surface area (Å²) in [6.45, 7) is 3.57. The van der Waals surface area contributed by atoms with E-state index in [0.29, 0.717) is 22.8 Å². The fourth-order valence-electron chi connectivity index (χ4n) is 2.29. The molecule has 1 aromatic carbocycles. The van der Waals surface area contributed by atoms with Gasteiger partial charge in [-0.1, -0.05) is 11.2 Å². The van der Waals surface area contributed by atoms with Crippen LogP contribution in [0.2, 0.25) is 0 Å². The van der Waals surface area contributed by atoms with Crippen molar-refractivity contribution in [2.75, 3.05) is 5.32 Å². The first-order chi connectivity index (χ1) is 11.0. The zero-order chi connectivity index (χ0) is 16.4. The first-order valence-electron chi connectivity index (χ1n) is 6.98. The molecule has 0 atom stereocenters. The highest BCUT2D eigenvalue weighted by molar-refractivity contribution is 5.92. The van der Waals surface area contributed by atoms with Gasteiger partial charge in [0.1, 0.15) is 12.1 Å². The van der Waals surface area contributed by atoms with Crippen molar-refractivity contribution in [1.82, 2.24) is 19.9 Å². The minimum atomic E-state index is -0.343. The van der Waals surface area contributed by atoms with Crippen molar-refractivity contribution in [3.8, 4) is 5.69 Å². The van der Waals surface area contributed by atoms with Gasteiger partial charge >= 0.3 is 5.69 Å². The van der Waals surface area contributed by atoms with E-state index in [0.717, 1.165) is 5.56 Å². The van der Waals surface area contributed by atoms with Crippen LogP contribution >= 0.6 is 0 Å². The minimum Gasteiger partial charge on any atom is -0.361 e. The number of carbonyl (C=O) groups excluding carboxylic acids is 1. The molecule has 3 rings (SSSR count). The van der Waals surface area contributed by atoms with Gasteiger partial charge in [-0.3, -0.25) is 4.79 Å². The molecule has 8 heteroatoms. The molecule has 0 saturated carbocycles. The summed E-state index contributed by atoms with van der Waals surface area (Å²) in [5.41, 5.74) is 2.34. The average molecular weight is 313 g/mol. The van der Waals surface area contributed by atoms with Crippen LogP contribution in [0.3, 0.4) is 0 Å². The third-order valence-corrected chi connectivity index (χ3v) is 3.48. The van der Waals surface area contributed by atoms with E-state index in [4.69, 9.17) is 4.52 Å². The summed E-state index contributed by atoms with van der Waals surface area (Å²) in [6, 6.07) is 6.95. The number of rotatable bonds is 4. The SMILES string of the molecule is Cc1noc(C)c1CC(=O)Nc1cccc(-n2cn[nH]c2=O)c1. The van der Waals surface area contributed by atoms with E-state index < -0.39 is 0 Å². The van der Waals surface area contributed by atoms with Gasteiger partial charge in [0.25, 0.3) is 0 Å². The molecule has 0 fully saturated rings. The predicted molar refractivity (Wildman–Crippen MR) is 82.5 cm³/mol. The maximum atomic E-state index is 12.2. The second kappa shape index (κ2) is 5.91. The van der Waals surface area contributed by atoms with Crippen LogP contribution in [0.4, 0.5) is 5.69 Å². The quantitative estimate of drug-likeness (QED) is 0.756. The lowest BCUT2D eigenvalue weighted by atomic mass is 10.1. The van der Waals surface area contributed by atoms with Gasteiger partial charge in [-0.15, -0.1) is 0 Å². The molecule has 0 aliphatic rings.